The van der Waals surface area contributed by atoms with E-state index in [1.165, 1.54) is 0 Å². The number of aromatic amines is 1. The summed E-state index contributed by atoms with van der Waals surface area (Å²) < 4.78 is 11.2. The number of ether oxygens (including phenoxy) is 2. The summed E-state index contributed by atoms with van der Waals surface area (Å²) in [6, 6.07) is 17.2. The van der Waals surface area contributed by atoms with Crippen LogP contribution in [0.25, 0.3) is 22.3 Å². The quantitative estimate of drug-likeness (QED) is 0.439. The molecule has 0 fully saturated rings. The number of para-hydroxylation sites is 2. The van der Waals surface area contributed by atoms with Gasteiger partial charge in [-0.3, -0.25) is 4.98 Å². The van der Waals surface area contributed by atoms with Crippen molar-refractivity contribution in [2.24, 2.45) is 0 Å². The minimum Gasteiger partial charge on any atom is -0.495 e. The van der Waals surface area contributed by atoms with E-state index in [4.69, 9.17) is 9.47 Å². The Morgan fingerprint density at radius 1 is 0.903 bits per heavy atom. The molecular formula is C24H17N5O2. The van der Waals surface area contributed by atoms with Crippen molar-refractivity contribution in [3.63, 3.8) is 0 Å². The number of pyridine rings is 1. The van der Waals surface area contributed by atoms with Gasteiger partial charge in [-0.1, -0.05) is 24.3 Å². The molecule has 0 spiro atoms. The molecule has 0 amide bonds. The van der Waals surface area contributed by atoms with E-state index in [-0.39, 0.29) is 0 Å². The molecule has 7 nitrogen and oxygen atoms in total. The van der Waals surface area contributed by atoms with Crippen molar-refractivity contribution in [1.82, 2.24) is 24.9 Å². The second kappa shape index (κ2) is 8.23. The Balaban J connectivity index is 1.35. The van der Waals surface area contributed by atoms with Gasteiger partial charge in [0.1, 0.15) is 23.0 Å². The van der Waals surface area contributed by atoms with Gasteiger partial charge >= 0.3 is 0 Å². The molecule has 31 heavy (non-hydrogen) atoms. The third-order valence-electron chi connectivity index (χ3n) is 4.61. The maximum atomic E-state index is 6.00. The van der Waals surface area contributed by atoms with Gasteiger partial charge in [0.15, 0.2) is 0 Å². The second-order valence-electron chi connectivity index (χ2n) is 6.68. The number of fused-ring (bicyclic) bond motifs is 1. The van der Waals surface area contributed by atoms with E-state index in [0.29, 0.717) is 28.9 Å². The van der Waals surface area contributed by atoms with E-state index in [2.05, 4.69) is 31.3 Å². The predicted octanol–water partition coefficient (Wildman–Crippen LogP) is 4.69. The molecule has 2 radical (unpaired) electrons. The number of aromatic nitrogens is 5. The number of nitrogens with zero attached hydrogens (tertiary/aromatic N) is 4. The second-order valence-corrected chi connectivity index (χ2v) is 6.68. The van der Waals surface area contributed by atoms with E-state index in [1.54, 1.807) is 31.9 Å². The lowest BCUT2D eigenvalue weighted by molar-refractivity contribution is 0.413. The Kier molecular flexibility index (Phi) is 4.98. The zero-order chi connectivity index (χ0) is 21.0. The number of methoxy groups -OCH3 is 1. The van der Waals surface area contributed by atoms with Crippen molar-refractivity contribution in [2.45, 2.75) is 0 Å². The van der Waals surface area contributed by atoms with Gasteiger partial charge in [-0.2, -0.15) is 0 Å². The summed E-state index contributed by atoms with van der Waals surface area (Å²) in [4.78, 5) is 20.7. The van der Waals surface area contributed by atoms with Gasteiger partial charge in [0, 0.05) is 24.2 Å². The van der Waals surface area contributed by atoms with Crippen LogP contribution in [0.15, 0.2) is 79.4 Å². The van der Waals surface area contributed by atoms with Crippen LogP contribution in [0.3, 0.4) is 0 Å². The number of nitrogens with one attached hydrogen (secondary N) is 1. The molecule has 0 saturated heterocycles. The van der Waals surface area contributed by atoms with E-state index < -0.39 is 0 Å². The van der Waals surface area contributed by atoms with Crippen LogP contribution >= 0.6 is 0 Å². The standard InChI is InChI=1S/C24H17N5O2/c1-30-19-13-17(14-25-15-19)23-24(27-11-10-26-23)31-18-8-6-16(7-9-18)12-22-28-20-4-2-3-5-21(20)29-22/h2-11,13-15H,1H3,(H,28,29). The Hall–Kier alpha value is -4.26. The molecule has 2 aromatic carbocycles. The number of benzene rings is 2. The van der Waals surface area contributed by atoms with Crippen LogP contribution in [0.4, 0.5) is 0 Å². The van der Waals surface area contributed by atoms with Crippen molar-refractivity contribution < 1.29 is 9.47 Å². The maximum absolute atomic E-state index is 6.00. The Bertz CT molecular complexity index is 1300. The molecule has 0 saturated carbocycles. The van der Waals surface area contributed by atoms with Crippen LogP contribution < -0.4 is 9.47 Å². The van der Waals surface area contributed by atoms with Crippen LogP contribution in [-0.4, -0.2) is 32.0 Å². The predicted molar refractivity (Wildman–Crippen MR) is 116 cm³/mol. The third kappa shape index (κ3) is 4.06. The van der Waals surface area contributed by atoms with E-state index in [0.717, 1.165) is 22.2 Å². The molecule has 0 bridgehead atoms. The lowest BCUT2D eigenvalue weighted by atomic mass is 10.1. The molecule has 1 N–H and O–H groups in total. The average Bonchev–Trinajstić information content (AvgIpc) is 3.23. The van der Waals surface area contributed by atoms with Crippen LogP contribution in [0.1, 0.15) is 11.4 Å². The summed E-state index contributed by atoms with van der Waals surface area (Å²) in [5, 5.41) is 0. The molecule has 0 atom stereocenters. The number of hydrogen-bond acceptors (Lipinski definition) is 6. The van der Waals surface area contributed by atoms with Crippen molar-refractivity contribution in [2.75, 3.05) is 7.11 Å². The summed E-state index contributed by atoms with van der Waals surface area (Å²) in [5.41, 5.74) is 4.10. The van der Waals surface area contributed by atoms with Crippen LogP contribution in [-0.2, 0) is 0 Å². The smallest absolute Gasteiger partial charge is 0.246 e. The van der Waals surface area contributed by atoms with Crippen molar-refractivity contribution in [3.05, 3.63) is 97.2 Å². The van der Waals surface area contributed by atoms with Crippen LogP contribution in [0.5, 0.6) is 17.4 Å². The molecule has 0 aliphatic rings. The van der Waals surface area contributed by atoms with Gasteiger partial charge in [0.05, 0.1) is 30.8 Å². The first-order valence-corrected chi connectivity index (χ1v) is 9.58. The zero-order valence-electron chi connectivity index (χ0n) is 16.6. The van der Waals surface area contributed by atoms with Gasteiger partial charge in [-0.05, 0) is 35.9 Å². The first-order valence-electron chi connectivity index (χ1n) is 9.58. The Morgan fingerprint density at radius 3 is 2.58 bits per heavy atom. The maximum Gasteiger partial charge on any atom is 0.246 e. The molecular weight excluding hydrogens is 390 g/mol. The molecule has 3 heterocycles. The van der Waals surface area contributed by atoms with E-state index in [1.807, 2.05) is 54.6 Å². The highest BCUT2D eigenvalue weighted by Crippen LogP contribution is 2.31. The largest absolute Gasteiger partial charge is 0.495 e. The molecule has 7 heteroatoms. The summed E-state index contributed by atoms with van der Waals surface area (Å²) >= 11 is 0. The summed E-state index contributed by atoms with van der Waals surface area (Å²) in [5.74, 6) is 2.33. The highest BCUT2D eigenvalue weighted by molar-refractivity contribution is 5.75. The van der Waals surface area contributed by atoms with Gasteiger partial charge in [0.25, 0.3) is 0 Å². The molecule has 5 aromatic rings. The Morgan fingerprint density at radius 2 is 1.74 bits per heavy atom. The third-order valence-corrected chi connectivity index (χ3v) is 4.61. The fraction of sp³-hybridized carbons (Fsp3) is 0.0417. The first-order chi connectivity index (χ1) is 15.3. The van der Waals surface area contributed by atoms with E-state index >= 15 is 0 Å². The Labute approximate surface area is 178 Å². The minimum absolute atomic E-state index is 0.385. The lowest BCUT2D eigenvalue weighted by Gasteiger charge is -2.10. The van der Waals surface area contributed by atoms with Crippen molar-refractivity contribution in [3.8, 4) is 28.6 Å². The monoisotopic (exact) mass is 407 g/mol. The molecule has 150 valence electrons. The fourth-order valence-electron chi connectivity index (χ4n) is 3.12. The summed E-state index contributed by atoms with van der Waals surface area (Å²) in [6.07, 6.45) is 9.79. The summed E-state index contributed by atoms with van der Waals surface area (Å²) in [7, 11) is 1.59. The van der Waals surface area contributed by atoms with Crippen LogP contribution in [0, 0.1) is 6.42 Å². The van der Waals surface area contributed by atoms with Gasteiger partial charge in [0.2, 0.25) is 5.88 Å². The molecule has 0 unspecified atom stereocenters. The highest BCUT2D eigenvalue weighted by atomic mass is 16.5. The highest BCUT2D eigenvalue weighted by Gasteiger charge is 2.12. The van der Waals surface area contributed by atoms with Crippen molar-refractivity contribution in [1.29, 1.82) is 0 Å². The lowest BCUT2D eigenvalue weighted by Crippen LogP contribution is -1.95. The molecule has 5 rings (SSSR count). The number of imidazole rings is 1. The zero-order valence-corrected chi connectivity index (χ0v) is 16.6. The normalized spacial score (nSPS) is 10.9. The number of hydrogen-bond donors (Lipinski definition) is 1. The molecule has 0 aliphatic carbocycles. The van der Waals surface area contributed by atoms with Gasteiger partial charge < -0.3 is 14.5 Å². The van der Waals surface area contributed by atoms with Gasteiger partial charge in [-0.25, -0.2) is 15.0 Å². The average molecular weight is 407 g/mol. The van der Waals surface area contributed by atoms with Crippen molar-refractivity contribution >= 4 is 11.0 Å². The SMILES string of the molecule is COc1cncc(-c2nccnc2Oc2ccc([C]c3nc4ccccc4[nH]3)cc2)c1. The van der Waals surface area contributed by atoms with Crippen LogP contribution in [0.2, 0.25) is 0 Å². The fourth-order valence-corrected chi connectivity index (χ4v) is 3.12. The molecule has 0 aliphatic heterocycles. The summed E-state index contributed by atoms with van der Waals surface area (Å²) in [6.45, 7) is 0. The minimum atomic E-state index is 0.385. The number of rotatable bonds is 6. The molecule has 3 aromatic heterocycles. The first kappa shape index (κ1) is 18.7. The number of H-pyrrole nitrogens is 1. The van der Waals surface area contributed by atoms with Gasteiger partial charge in [-0.15, -0.1) is 0 Å². The van der Waals surface area contributed by atoms with E-state index in [9.17, 15) is 0 Å². The topological polar surface area (TPSA) is 85.8 Å².